The number of nitrogens with one attached hydrogen (secondary N) is 1. The predicted octanol–water partition coefficient (Wildman–Crippen LogP) is 3.65. The van der Waals surface area contributed by atoms with Gasteiger partial charge in [-0.25, -0.2) is 4.98 Å². The molecule has 1 aromatic carbocycles. The van der Waals surface area contributed by atoms with Crippen LogP contribution in [0.4, 0.5) is 5.13 Å². The zero-order chi connectivity index (χ0) is 13.1. The van der Waals surface area contributed by atoms with E-state index in [1.54, 1.807) is 11.3 Å². The summed E-state index contributed by atoms with van der Waals surface area (Å²) in [5.41, 5.74) is 3.43. The van der Waals surface area contributed by atoms with Crippen LogP contribution in [0.3, 0.4) is 0 Å². The molecule has 0 bridgehead atoms. The molecule has 3 aromatic rings. The summed E-state index contributed by atoms with van der Waals surface area (Å²) in [4.78, 5) is 8.90. The number of pyridine rings is 1. The van der Waals surface area contributed by atoms with Crippen LogP contribution < -0.4 is 5.32 Å². The number of fused-ring (bicyclic) bond motifs is 1. The van der Waals surface area contributed by atoms with Crippen LogP contribution in [0.1, 0.15) is 11.3 Å². The lowest BCUT2D eigenvalue weighted by atomic mass is 10.2. The molecule has 2 aromatic heterocycles. The van der Waals surface area contributed by atoms with E-state index in [0.29, 0.717) is 0 Å². The van der Waals surface area contributed by atoms with Gasteiger partial charge in [-0.1, -0.05) is 23.5 Å². The van der Waals surface area contributed by atoms with Gasteiger partial charge in [0, 0.05) is 24.9 Å². The molecule has 0 spiro atoms. The van der Waals surface area contributed by atoms with E-state index < -0.39 is 0 Å². The molecular weight excluding hydrogens is 254 g/mol. The van der Waals surface area contributed by atoms with Gasteiger partial charge in [-0.05, 0) is 36.8 Å². The molecule has 0 saturated heterocycles. The summed E-state index contributed by atoms with van der Waals surface area (Å²) in [7, 11) is 0. The maximum atomic E-state index is 4.59. The predicted molar refractivity (Wildman–Crippen MR) is 80.8 cm³/mol. The molecule has 0 aliphatic carbocycles. The number of hydrogen-bond acceptors (Lipinski definition) is 4. The molecule has 19 heavy (non-hydrogen) atoms. The fourth-order valence-electron chi connectivity index (χ4n) is 1.96. The van der Waals surface area contributed by atoms with Crippen molar-refractivity contribution in [1.29, 1.82) is 0 Å². The first kappa shape index (κ1) is 12.1. The highest BCUT2D eigenvalue weighted by atomic mass is 32.1. The lowest BCUT2D eigenvalue weighted by molar-refractivity contribution is 0.960. The Morgan fingerprint density at radius 3 is 3.00 bits per heavy atom. The Labute approximate surface area is 116 Å². The summed E-state index contributed by atoms with van der Waals surface area (Å²) in [6.45, 7) is 2.95. The van der Waals surface area contributed by atoms with Gasteiger partial charge in [0.05, 0.1) is 10.2 Å². The number of aryl methyl sites for hydroxylation is 1. The molecule has 0 aliphatic heterocycles. The van der Waals surface area contributed by atoms with E-state index in [0.717, 1.165) is 29.3 Å². The monoisotopic (exact) mass is 269 g/mol. The third-order valence-corrected chi connectivity index (χ3v) is 3.92. The number of rotatable bonds is 4. The van der Waals surface area contributed by atoms with Crippen LogP contribution in [-0.2, 0) is 6.42 Å². The van der Waals surface area contributed by atoms with Gasteiger partial charge in [0.25, 0.3) is 0 Å². The maximum Gasteiger partial charge on any atom is 0.183 e. The van der Waals surface area contributed by atoms with Crippen LogP contribution in [0.15, 0.2) is 42.6 Å². The Bertz CT molecular complexity index is 676. The zero-order valence-electron chi connectivity index (χ0n) is 10.8. The van der Waals surface area contributed by atoms with Crippen LogP contribution in [0.2, 0.25) is 0 Å². The highest BCUT2D eigenvalue weighted by molar-refractivity contribution is 7.22. The number of nitrogens with zero attached hydrogens (tertiary/aromatic N) is 2. The second-order valence-electron chi connectivity index (χ2n) is 4.49. The van der Waals surface area contributed by atoms with E-state index in [1.807, 2.05) is 24.4 Å². The van der Waals surface area contributed by atoms with Crippen molar-refractivity contribution in [3.05, 3.63) is 53.9 Å². The van der Waals surface area contributed by atoms with Crippen LogP contribution in [0.25, 0.3) is 10.2 Å². The largest absolute Gasteiger partial charge is 0.361 e. The van der Waals surface area contributed by atoms with Crippen molar-refractivity contribution in [2.24, 2.45) is 0 Å². The maximum absolute atomic E-state index is 4.59. The zero-order valence-corrected chi connectivity index (χ0v) is 11.6. The number of thiazole rings is 1. The van der Waals surface area contributed by atoms with Crippen molar-refractivity contribution in [2.45, 2.75) is 13.3 Å². The standard InChI is InChI=1S/C15H15N3S/c1-11-5-6-14-13(10-11)18-15(19-14)17-9-7-12-4-2-3-8-16-12/h2-6,8,10H,7,9H2,1H3,(H,17,18). The summed E-state index contributed by atoms with van der Waals surface area (Å²) < 4.78 is 1.23. The van der Waals surface area contributed by atoms with E-state index in [9.17, 15) is 0 Å². The minimum atomic E-state index is 0.857. The minimum absolute atomic E-state index is 0.857. The van der Waals surface area contributed by atoms with E-state index in [1.165, 1.54) is 10.3 Å². The summed E-state index contributed by atoms with van der Waals surface area (Å²) in [6.07, 6.45) is 2.74. The van der Waals surface area contributed by atoms with Gasteiger partial charge >= 0.3 is 0 Å². The summed E-state index contributed by atoms with van der Waals surface area (Å²) in [5.74, 6) is 0. The summed E-state index contributed by atoms with van der Waals surface area (Å²) >= 11 is 1.70. The lowest BCUT2D eigenvalue weighted by Crippen LogP contribution is -2.05. The molecule has 2 heterocycles. The first-order valence-corrected chi connectivity index (χ1v) is 7.14. The van der Waals surface area contributed by atoms with E-state index in [2.05, 4.69) is 40.4 Å². The first-order valence-electron chi connectivity index (χ1n) is 6.32. The molecule has 0 amide bonds. The van der Waals surface area contributed by atoms with Gasteiger partial charge in [-0.2, -0.15) is 0 Å². The Kier molecular flexibility index (Phi) is 3.42. The fraction of sp³-hybridized carbons (Fsp3) is 0.200. The van der Waals surface area contributed by atoms with E-state index in [4.69, 9.17) is 0 Å². The molecule has 0 unspecified atom stereocenters. The average Bonchev–Trinajstić information content (AvgIpc) is 2.82. The van der Waals surface area contributed by atoms with Gasteiger partial charge in [0.15, 0.2) is 5.13 Å². The van der Waals surface area contributed by atoms with Crippen molar-refractivity contribution in [3.8, 4) is 0 Å². The third-order valence-electron chi connectivity index (χ3n) is 2.93. The topological polar surface area (TPSA) is 37.8 Å². The van der Waals surface area contributed by atoms with Gasteiger partial charge in [-0.3, -0.25) is 4.98 Å². The molecule has 3 rings (SSSR count). The molecular formula is C15H15N3S. The summed E-state index contributed by atoms with van der Waals surface area (Å²) in [5, 5.41) is 4.35. The molecule has 0 fully saturated rings. The van der Waals surface area contributed by atoms with Gasteiger partial charge in [-0.15, -0.1) is 0 Å². The van der Waals surface area contributed by atoms with Gasteiger partial charge in [0.2, 0.25) is 0 Å². The second-order valence-corrected chi connectivity index (χ2v) is 5.52. The number of benzene rings is 1. The highest BCUT2D eigenvalue weighted by Crippen LogP contribution is 2.26. The minimum Gasteiger partial charge on any atom is -0.361 e. The first-order chi connectivity index (χ1) is 9.31. The van der Waals surface area contributed by atoms with Crippen LogP contribution >= 0.6 is 11.3 Å². The highest BCUT2D eigenvalue weighted by Gasteiger charge is 2.03. The Morgan fingerprint density at radius 2 is 2.16 bits per heavy atom. The SMILES string of the molecule is Cc1ccc2sc(NCCc3ccccn3)nc2c1. The average molecular weight is 269 g/mol. The van der Waals surface area contributed by atoms with E-state index in [-0.39, 0.29) is 0 Å². The molecule has 0 aliphatic rings. The Morgan fingerprint density at radius 1 is 1.21 bits per heavy atom. The van der Waals surface area contributed by atoms with Gasteiger partial charge in [0.1, 0.15) is 0 Å². The number of aromatic nitrogens is 2. The second kappa shape index (κ2) is 5.36. The van der Waals surface area contributed by atoms with E-state index >= 15 is 0 Å². The van der Waals surface area contributed by atoms with Crippen molar-refractivity contribution < 1.29 is 0 Å². The molecule has 0 radical (unpaired) electrons. The van der Waals surface area contributed by atoms with Crippen LogP contribution in [-0.4, -0.2) is 16.5 Å². The third kappa shape index (κ3) is 2.90. The Balaban J connectivity index is 1.65. The van der Waals surface area contributed by atoms with Gasteiger partial charge < -0.3 is 5.32 Å². The number of anilines is 1. The molecule has 0 atom stereocenters. The Hall–Kier alpha value is -1.94. The van der Waals surface area contributed by atoms with Crippen molar-refractivity contribution in [1.82, 2.24) is 9.97 Å². The molecule has 1 N–H and O–H groups in total. The molecule has 0 saturated carbocycles. The van der Waals surface area contributed by atoms with Crippen molar-refractivity contribution >= 4 is 26.7 Å². The van der Waals surface area contributed by atoms with Crippen molar-refractivity contribution in [3.63, 3.8) is 0 Å². The lowest BCUT2D eigenvalue weighted by Gasteiger charge is -2.01. The molecule has 96 valence electrons. The number of hydrogen-bond donors (Lipinski definition) is 1. The molecule has 4 heteroatoms. The smallest absolute Gasteiger partial charge is 0.183 e. The van der Waals surface area contributed by atoms with Crippen LogP contribution in [0.5, 0.6) is 0 Å². The molecule has 3 nitrogen and oxygen atoms in total. The summed E-state index contributed by atoms with van der Waals surface area (Å²) in [6, 6.07) is 12.4. The van der Waals surface area contributed by atoms with Crippen molar-refractivity contribution in [2.75, 3.05) is 11.9 Å². The van der Waals surface area contributed by atoms with Crippen LogP contribution in [0, 0.1) is 6.92 Å². The normalized spacial score (nSPS) is 10.8. The quantitative estimate of drug-likeness (QED) is 0.785. The fourth-order valence-corrected chi connectivity index (χ4v) is 2.83.